The van der Waals surface area contributed by atoms with Crippen molar-refractivity contribution in [2.45, 2.75) is 44.8 Å². The first-order valence-electron chi connectivity index (χ1n) is 10.0. The highest BCUT2D eigenvalue weighted by molar-refractivity contribution is 5.93. The van der Waals surface area contributed by atoms with Gasteiger partial charge >= 0.3 is 6.09 Å². The number of imidazole rings is 1. The molecule has 0 unspecified atom stereocenters. The number of ether oxygens (including phenoxy) is 1. The number of nitrogens with two attached hydrogens (primary N) is 1. The molecule has 1 saturated heterocycles. The maximum absolute atomic E-state index is 13.1. The van der Waals surface area contributed by atoms with Crippen molar-refractivity contribution in [2.75, 3.05) is 25.5 Å². The number of aliphatic hydroxyl groups is 1. The van der Waals surface area contributed by atoms with E-state index in [-0.39, 0.29) is 18.1 Å². The number of piperidine rings is 1. The summed E-state index contributed by atoms with van der Waals surface area (Å²) in [7, 11) is 0. The normalized spacial score (nSPS) is 16.1. The predicted octanol–water partition coefficient (Wildman–Crippen LogP) is 1.89. The lowest BCUT2D eigenvalue weighted by molar-refractivity contribution is -0.0303. The molecule has 168 valence electrons. The van der Waals surface area contributed by atoms with Crippen molar-refractivity contribution in [3.8, 4) is 11.4 Å². The summed E-state index contributed by atoms with van der Waals surface area (Å²) in [5.74, 6) is 5.43. The minimum absolute atomic E-state index is 0.00501. The fourth-order valence-electron chi connectivity index (χ4n) is 3.29. The van der Waals surface area contributed by atoms with Crippen molar-refractivity contribution < 1.29 is 23.8 Å². The van der Waals surface area contributed by atoms with Gasteiger partial charge in [-0.25, -0.2) is 18.8 Å². The van der Waals surface area contributed by atoms with Gasteiger partial charge in [-0.15, -0.1) is 0 Å². The average Bonchev–Trinajstić information content (AvgIpc) is 3.07. The van der Waals surface area contributed by atoms with Crippen LogP contribution < -0.4 is 11.2 Å². The van der Waals surface area contributed by atoms with Gasteiger partial charge in [0, 0.05) is 25.2 Å². The molecule has 0 aliphatic carbocycles. The van der Waals surface area contributed by atoms with Gasteiger partial charge in [-0.3, -0.25) is 4.79 Å². The molecule has 9 nitrogen and oxygen atoms in total. The largest absolute Gasteiger partial charge is 0.444 e. The number of halogens is 1. The first-order chi connectivity index (χ1) is 14.5. The van der Waals surface area contributed by atoms with E-state index in [4.69, 9.17) is 10.6 Å². The predicted molar refractivity (Wildman–Crippen MR) is 112 cm³/mol. The van der Waals surface area contributed by atoms with E-state index in [9.17, 15) is 19.1 Å². The molecule has 1 aromatic heterocycles. The van der Waals surface area contributed by atoms with Crippen LogP contribution in [0.2, 0.25) is 0 Å². The summed E-state index contributed by atoms with van der Waals surface area (Å²) in [5, 5.41) is 13.5. The Hall–Kier alpha value is -3.14. The molecule has 1 aliphatic rings. The van der Waals surface area contributed by atoms with Crippen LogP contribution in [0.4, 0.5) is 9.18 Å². The van der Waals surface area contributed by atoms with Gasteiger partial charge in [0.15, 0.2) is 5.82 Å². The van der Waals surface area contributed by atoms with Crippen molar-refractivity contribution in [2.24, 2.45) is 0 Å². The van der Waals surface area contributed by atoms with Crippen LogP contribution in [0.3, 0.4) is 0 Å². The van der Waals surface area contributed by atoms with Crippen LogP contribution in [-0.2, 0) is 4.74 Å². The molecule has 2 aromatic rings. The maximum Gasteiger partial charge on any atom is 0.410 e. The number of aromatic nitrogens is 2. The van der Waals surface area contributed by atoms with Crippen LogP contribution in [-0.4, -0.2) is 62.5 Å². The van der Waals surface area contributed by atoms with Crippen LogP contribution >= 0.6 is 0 Å². The van der Waals surface area contributed by atoms with Crippen LogP contribution in [0, 0.1) is 5.82 Å². The first kappa shape index (κ1) is 22.5. The molecule has 31 heavy (non-hydrogen) atoms. The zero-order chi connectivity index (χ0) is 22.8. The van der Waals surface area contributed by atoms with Gasteiger partial charge in [0.2, 0.25) is 0 Å². The molecule has 10 heteroatoms. The lowest BCUT2D eigenvalue weighted by Crippen LogP contribution is -2.52. The summed E-state index contributed by atoms with van der Waals surface area (Å²) in [4.78, 5) is 30.4. The van der Waals surface area contributed by atoms with Crippen LogP contribution in [0.5, 0.6) is 0 Å². The second-order valence-corrected chi connectivity index (χ2v) is 8.72. The summed E-state index contributed by atoms with van der Waals surface area (Å²) in [6.45, 7) is 6.04. The molecule has 4 N–H and O–H groups in total. The van der Waals surface area contributed by atoms with E-state index in [0.29, 0.717) is 37.3 Å². The number of hydrogen-bond donors (Lipinski definition) is 3. The molecule has 1 aromatic carbocycles. The Bertz CT molecular complexity index is 944. The first-order valence-corrected chi connectivity index (χ1v) is 10.0. The number of nitrogens with zero attached hydrogens (tertiary/aromatic N) is 3. The van der Waals surface area contributed by atoms with Crippen molar-refractivity contribution in [1.82, 2.24) is 19.9 Å². The third kappa shape index (κ3) is 5.52. The number of nitrogen functional groups attached to an aromatic ring is 1. The van der Waals surface area contributed by atoms with Gasteiger partial charge in [-0.2, -0.15) is 0 Å². The van der Waals surface area contributed by atoms with E-state index in [1.54, 1.807) is 25.7 Å². The average molecular weight is 433 g/mol. The molecule has 1 aliphatic heterocycles. The van der Waals surface area contributed by atoms with Crippen molar-refractivity contribution in [3.63, 3.8) is 0 Å². The van der Waals surface area contributed by atoms with E-state index in [1.165, 1.54) is 30.5 Å². The van der Waals surface area contributed by atoms with E-state index in [1.807, 2.05) is 0 Å². The van der Waals surface area contributed by atoms with E-state index >= 15 is 0 Å². The fourth-order valence-corrected chi connectivity index (χ4v) is 3.29. The number of rotatable bonds is 4. The Balaban J connectivity index is 1.56. The molecule has 0 radical (unpaired) electrons. The summed E-state index contributed by atoms with van der Waals surface area (Å²) >= 11 is 0. The molecular weight excluding hydrogens is 405 g/mol. The Kier molecular flexibility index (Phi) is 6.21. The Morgan fingerprint density at radius 3 is 2.45 bits per heavy atom. The minimum atomic E-state index is -1.15. The molecule has 2 heterocycles. The monoisotopic (exact) mass is 433 g/mol. The number of carbonyl (C=O) groups excluding carboxylic acids is 2. The second kappa shape index (κ2) is 8.54. The number of nitrogens with one attached hydrogen (secondary N) is 1. The summed E-state index contributed by atoms with van der Waals surface area (Å²) in [5.41, 5.74) is -1.06. The number of likely N-dealkylation sites (tertiary alicyclic amines) is 1. The number of hydrogen-bond acceptors (Lipinski definition) is 6. The molecule has 3 rings (SSSR count). The standard InChI is InChI=1S/C21H28FN5O4/c1-20(2,3)31-19(29)26-10-8-21(30,9-11-26)13-25-18(28)16-12-24-17(27(16)23)14-4-6-15(22)7-5-14/h4-7,12,30H,8-11,13,23H2,1-3H3,(H,25,28). The van der Waals surface area contributed by atoms with Gasteiger partial charge in [-0.05, 0) is 57.9 Å². The van der Waals surface area contributed by atoms with E-state index < -0.39 is 23.2 Å². The Morgan fingerprint density at radius 2 is 1.87 bits per heavy atom. The van der Waals surface area contributed by atoms with Gasteiger partial charge in [0.05, 0.1) is 11.8 Å². The lowest BCUT2D eigenvalue weighted by atomic mass is 9.91. The third-order valence-electron chi connectivity index (χ3n) is 5.06. The molecular formula is C21H28FN5O4. The zero-order valence-electron chi connectivity index (χ0n) is 17.9. The van der Waals surface area contributed by atoms with E-state index in [2.05, 4.69) is 10.3 Å². The third-order valence-corrected chi connectivity index (χ3v) is 5.06. The summed E-state index contributed by atoms with van der Waals surface area (Å²) < 4.78 is 19.6. The van der Waals surface area contributed by atoms with Gasteiger partial charge < -0.3 is 25.9 Å². The summed E-state index contributed by atoms with van der Waals surface area (Å²) in [6.07, 6.45) is 1.51. The van der Waals surface area contributed by atoms with Gasteiger partial charge in [0.1, 0.15) is 17.1 Å². The zero-order valence-corrected chi connectivity index (χ0v) is 17.9. The van der Waals surface area contributed by atoms with Crippen LogP contribution in [0.15, 0.2) is 30.5 Å². The molecule has 0 spiro atoms. The smallest absolute Gasteiger partial charge is 0.410 e. The summed E-state index contributed by atoms with van der Waals surface area (Å²) in [6, 6.07) is 5.60. The number of amides is 2. The maximum atomic E-state index is 13.1. The van der Waals surface area contributed by atoms with Gasteiger partial charge in [0.25, 0.3) is 5.91 Å². The van der Waals surface area contributed by atoms with Crippen molar-refractivity contribution in [1.29, 1.82) is 0 Å². The molecule has 1 fully saturated rings. The fraction of sp³-hybridized carbons (Fsp3) is 0.476. The highest BCUT2D eigenvalue weighted by Gasteiger charge is 2.36. The van der Waals surface area contributed by atoms with E-state index in [0.717, 1.165) is 4.68 Å². The van der Waals surface area contributed by atoms with Crippen LogP contribution in [0.25, 0.3) is 11.4 Å². The molecule has 0 saturated carbocycles. The van der Waals surface area contributed by atoms with Crippen molar-refractivity contribution in [3.05, 3.63) is 42.0 Å². The molecule has 0 bridgehead atoms. The SMILES string of the molecule is CC(C)(C)OC(=O)N1CCC(O)(CNC(=O)c2cnc(-c3ccc(F)cc3)n2N)CC1. The minimum Gasteiger partial charge on any atom is -0.444 e. The van der Waals surface area contributed by atoms with Gasteiger partial charge in [-0.1, -0.05) is 0 Å². The van der Waals surface area contributed by atoms with Crippen molar-refractivity contribution >= 4 is 12.0 Å². The Labute approximate surface area is 180 Å². The highest BCUT2D eigenvalue weighted by Crippen LogP contribution is 2.23. The second-order valence-electron chi connectivity index (χ2n) is 8.72. The Morgan fingerprint density at radius 1 is 1.26 bits per heavy atom. The molecule has 2 amide bonds. The quantitative estimate of drug-likeness (QED) is 0.633. The number of benzene rings is 1. The molecule has 0 atom stereocenters. The number of carbonyl (C=O) groups is 2. The highest BCUT2D eigenvalue weighted by atomic mass is 19.1. The lowest BCUT2D eigenvalue weighted by Gasteiger charge is -2.38. The van der Waals surface area contributed by atoms with Crippen LogP contribution in [0.1, 0.15) is 44.1 Å². The topological polar surface area (TPSA) is 123 Å².